The van der Waals surface area contributed by atoms with E-state index in [1.54, 1.807) is 18.2 Å². The molecule has 18 heavy (non-hydrogen) atoms. The van der Waals surface area contributed by atoms with Crippen LogP contribution in [0.4, 0.5) is 5.69 Å². The van der Waals surface area contributed by atoms with Gasteiger partial charge in [0.05, 0.1) is 5.69 Å². The molecule has 5 heteroatoms. The Hall–Kier alpha value is -2.29. The summed E-state index contributed by atoms with van der Waals surface area (Å²) in [5.74, 6) is 0. The van der Waals surface area contributed by atoms with Crippen LogP contribution in [-0.2, 0) is 6.42 Å². The second-order valence-electron chi connectivity index (χ2n) is 3.38. The third-order valence-corrected chi connectivity index (χ3v) is 2.94. The molecule has 88 valence electrons. The van der Waals surface area contributed by atoms with Crippen molar-refractivity contribution in [2.75, 3.05) is 5.32 Å². The monoisotopic (exact) mass is 300 g/mol. The van der Waals surface area contributed by atoms with E-state index < -0.39 is 0 Å². The Balaban J connectivity index is 3.14. The second kappa shape index (κ2) is 6.45. The van der Waals surface area contributed by atoms with Crippen LogP contribution in [0.25, 0.3) is 0 Å². The maximum atomic E-state index is 8.92. The molecule has 0 aliphatic rings. The fraction of sp³-hybridized carbons (Fsp3) is 0.154. The number of anilines is 1. The van der Waals surface area contributed by atoms with E-state index in [1.807, 2.05) is 25.1 Å². The fourth-order valence-electron chi connectivity index (χ4n) is 1.30. The average Bonchev–Trinajstić information content (AvgIpc) is 2.40. The Kier molecular flexibility index (Phi) is 4.93. The molecule has 0 bridgehead atoms. The maximum absolute atomic E-state index is 8.92. The summed E-state index contributed by atoms with van der Waals surface area (Å²) in [6, 6.07) is 10.8. The molecule has 0 aliphatic carbocycles. The first kappa shape index (κ1) is 13.8. The molecule has 4 nitrogen and oxygen atoms in total. The lowest BCUT2D eigenvalue weighted by molar-refractivity contribution is 1.14. The van der Waals surface area contributed by atoms with Crippen LogP contribution in [0.2, 0.25) is 0 Å². The highest BCUT2D eigenvalue weighted by molar-refractivity contribution is 9.10. The van der Waals surface area contributed by atoms with E-state index in [0.29, 0.717) is 5.69 Å². The second-order valence-corrected chi connectivity index (χ2v) is 4.23. The number of hydrogen-bond donors (Lipinski definition) is 1. The van der Waals surface area contributed by atoms with E-state index in [-0.39, 0.29) is 11.3 Å². The third kappa shape index (κ3) is 3.10. The molecule has 1 aromatic rings. The van der Waals surface area contributed by atoms with Crippen LogP contribution in [0, 0.1) is 34.0 Å². The van der Waals surface area contributed by atoms with Gasteiger partial charge in [-0.3, -0.25) is 0 Å². The van der Waals surface area contributed by atoms with Gasteiger partial charge >= 0.3 is 0 Å². The lowest BCUT2D eigenvalue weighted by Gasteiger charge is -2.08. The summed E-state index contributed by atoms with van der Waals surface area (Å²) in [5, 5.41) is 29.1. The Morgan fingerprint density at radius 2 is 1.89 bits per heavy atom. The van der Waals surface area contributed by atoms with Crippen molar-refractivity contribution in [2.24, 2.45) is 0 Å². The van der Waals surface area contributed by atoms with Gasteiger partial charge in [-0.05, 0) is 40.0 Å². The molecule has 1 rings (SSSR count). The van der Waals surface area contributed by atoms with Gasteiger partial charge in [-0.15, -0.1) is 0 Å². The van der Waals surface area contributed by atoms with Crippen LogP contribution in [0.5, 0.6) is 0 Å². The normalized spacial score (nSPS) is 8.61. The van der Waals surface area contributed by atoms with Crippen molar-refractivity contribution in [3.8, 4) is 18.2 Å². The average molecular weight is 301 g/mol. The van der Waals surface area contributed by atoms with Crippen LogP contribution in [0.1, 0.15) is 12.5 Å². The van der Waals surface area contributed by atoms with Crippen LogP contribution in [0.15, 0.2) is 33.9 Å². The first-order valence-corrected chi connectivity index (χ1v) is 5.95. The van der Waals surface area contributed by atoms with Crippen LogP contribution in [0.3, 0.4) is 0 Å². The number of rotatable bonds is 3. The number of nitrogens with one attached hydrogen (secondary N) is 1. The lowest BCUT2D eigenvalue weighted by atomic mass is 10.1. The van der Waals surface area contributed by atoms with Gasteiger partial charge in [0.25, 0.3) is 0 Å². The molecule has 0 spiro atoms. The zero-order valence-corrected chi connectivity index (χ0v) is 11.2. The molecular formula is C13H9BrN4. The summed E-state index contributed by atoms with van der Waals surface area (Å²) >= 11 is 3.38. The van der Waals surface area contributed by atoms with Crippen molar-refractivity contribution >= 4 is 21.6 Å². The lowest BCUT2D eigenvalue weighted by Crippen LogP contribution is -2.01. The summed E-state index contributed by atoms with van der Waals surface area (Å²) in [6.07, 6.45) is 0.904. The summed E-state index contributed by atoms with van der Waals surface area (Å²) < 4.78 is 0.782. The van der Waals surface area contributed by atoms with Crippen molar-refractivity contribution < 1.29 is 0 Å². The van der Waals surface area contributed by atoms with Crippen molar-refractivity contribution in [1.29, 1.82) is 15.8 Å². The molecule has 1 N–H and O–H groups in total. The predicted octanol–water partition coefficient (Wildman–Crippen LogP) is 3.25. The van der Waals surface area contributed by atoms with E-state index in [0.717, 1.165) is 16.5 Å². The topological polar surface area (TPSA) is 83.4 Å². The number of aryl methyl sites for hydroxylation is 1. The van der Waals surface area contributed by atoms with E-state index in [2.05, 4.69) is 21.2 Å². The number of benzene rings is 1. The van der Waals surface area contributed by atoms with Crippen molar-refractivity contribution in [1.82, 2.24) is 0 Å². The summed E-state index contributed by atoms with van der Waals surface area (Å²) in [4.78, 5) is 0. The number of halogens is 1. The molecule has 0 fully saturated rings. The number of allylic oxidation sites excluding steroid dienone is 2. The molecule has 0 aromatic heterocycles. The van der Waals surface area contributed by atoms with Crippen LogP contribution < -0.4 is 5.32 Å². The van der Waals surface area contributed by atoms with Gasteiger partial charge in [0.2, 0.25) is 0 Å². The van der Waals surface area contributed by atoms with Crippen LogP contribution in [-0.4, -0.2) is 0 Å². The third-order valence-electron chi connectivity index (χ3n) is 2.29. The van der Waals surface area contributed by atoms with Gasteiger partial charge in [0.15, 0.2) is 5.57 Å². The Bertz CT molecular complexity index is 595. The van der Waals surface area contributed by atoms with Gasteiger partial charge in [0.1, 0.15) is 23.9 Å². The molecule has 0 aliphatic heterocycles. The largest absolute Gasteiger partial charge is 0.344 e. The molecule has 0 amide bonds. The molecule has 0 unspecified atom stereocenters. The van der Waals surface area contributed by atoms with Gasteiger partial charge in [0, 0.05) is 4.47 Å². The first-order chi connectivity index (χ1) is 8.65. The number of nitrogens with zero attached hydrogens (tertiary/aromatic N) is 3. The Morgan fingerprint density at radius 1 is 1.22 bits per heavy atom. The molecule has 0 heterocycles. The Labute approximate surface area is 114 Å². The molecule has 0 saturated carbocycles. The summed E-state index contributed by atoms with van der Waals surface area (Å²) in [5.41, 5.74) is 1.51. The van der Waals surface area contributed by atoms with Crippen LogP contribution >= 0.6 is 15.9 Å². The SMILES string of the molecule is CCc1ccc(NC(C#N)=C(C#N)C#N)c(Br)c1. The minimum Gasteiger partial charge on any atom is -0.344 e. The van der Waals surface area contributed by atoms with Crippen molar-refractivity contribution in [3.05, 3.63) is 39.5 Å². The van der Waals surface area contributed by atoms with E-state index >= 15 is 0 Å². The smallest absolute Gasteiger partial charge is 0.163 e. The van der Waals surface area contributed by atoms with E-state index in [9.17, 15) is 0 Å². The van der Waals surface area contributed by atoms with E-state index in [4.69, 9.17) is 15.8 Å². The van der Waals surface area contributed by atoms with Crippen molar-refractivity contribution in [2.45, 2.75) is 13.3 Å². The maximum Gasteiger partial charge on any atom is 0.163 e. The van der Waals surface area contributed by atoms with Gasteiger partial charge < -0.3 is 5.32 Å². The highest BCUT2D eigenvalue weighted by atomic mass is 79.9. The Morgan fingerprint density at radius 3 is 2.33 bits per heavy atom. The molecule has 0 radical (unpaired) electrons. The number of nitriles is 3. The molecular weight excluding hydrogens is 292 g/mol. The predicted molar refractivity (Wildman–Crippen MR) is 71.0 cm³/mol. The van der Waals surface area contributed by atoms with E-state index in [1.165, 1.54) is 0 Å². The highest BCUT2D eigenvalue weighted by Gasteiger charge is 2.08. The fourth-order valence-corrected chi connectivity index (χ4v) is 1.82. The molecule has 0 atom stereocenters. The summed E-state index contributed by atoms with van der Waals surface area (Å²) in [6.45, 7) is 2.04. The minimum absolute atomic E-state index is 0.0510. The molecule has 1 aromatic carbocycles. The zero-order valence-electron chi connectivity index (χ0n) is 9.66. The van der Waals surface area contributed by atoms with Gasteiger partial charge in [-0.1, -0.05) is 13.0 Å². The van der Waals surface area contributed by atoms with Gasteiger partial charge in [-0.2, -0.15) is 15.8 Å². The highest BCUT2D eigenvalue weighted by Crippen LogP contribution is 2.25. The minimum atomic E-state index is -0.232. The summed E-state index contributed by atoms with van der Waals surface area (Å²) in [7, 11) is 0. The quantitative estimate of drug-likeness (QED) is 0.869. The van der Waals surface area contributed by atoms with Crippen molar-refractivity contribution in [3.63, 3.8) is 0 Å². The first-order valence-electron chi connectivity index (χ1n) is 5.16. The van der Waals surface area contributed by atoms with Gasteiger partial charge in [-0.25, -0.2) is 0 Å². The number of hydrogen-bond acceptors (Lipinski definition) is 4. The standard InChI is InChI=1S/C13H9BrN4/c1-2-9-3-4-12(11(14)5-9)18-13(8-17)10(6-15)7-16/h3-5,18H,2H2,1H3. The molecule has 0 saturated heterocycles. The zero-order chi connectivity index (χ0) is 13.5.